The Morgan fingerprint density at radius 3 is 0.429 bits per heavy atom. The minimum atomic E-state index is 0. The van der Waals surface area contributed by atoms with Gasteiger partial charge in [0.05, 0.1) is 0 Å². The standard InChI is InChI=1S/Co.4H3N.2H2O/h;4*1H3;2*1H2. The second-order valence-electron chi connectivity index (χ2n) is 0. The molecule has 7 heteroatoms. The van der Waals surface area contributed by atoms with Crippen LogP contribution in [0.25, 0.3) is 0 Å². The predicted octanol–water partition coefficient (Wildman–Crippen LogP) is -1.00. The van der Waals surface area contributed by atoms with Gasteiger partial charge in [-0.05, 0) is 0 Å². The third kappa shape index (κ3) is 1610. The minimum Gasteiger partial charge on any atom is -0.412 e. The summed E-state index contributed by atoms with van der Waals surface area (Å²) in [6, 6.07) is 0. The van der Waals surface area contributed by atoms with Crippen LogP contribution in [-0.2, 0) is 16.8 Å². The first kappa shape index (κ1) is 4020. The van der Waals surface area contributed by atoms with E-state index in [1.54, 1.807) is 0 Å². The Bertz CT molecular complexity index is 9.65. The van der Waals surface area contributed by atoms with Crippen molar-refractivity contribution in [3.63, 3.8) is 0 Å². The first-order valence-electron chi connectivity index (χ1n) is 0. The summed E-state index contributed by atoms with van der Waals surface area (Å²) in [6.45, 7) is 0. The van der Waals surface area contributed by atoms with Crippen molar-refractivity contribution in [2.24, 2.45) is 0 Å². The van der Waals surface area contributed by atoms with Crippen LogP contribution in [0, 0.1) is 0 Å². The fourth-order valence-corrected chi connectivity index (χ4v) is 0. The fourth-order valence-electron chi connectivity index (χ4n) is 0. The average molecular weight is 163 g/mol. The molecule has 16 N–H and O–H groups in total. The molecule has 0 aromatic rings. The van der Waals surface area contributed by atoms with Gasteiger partial charge in [0.1, 0.15) is 0 Å². The van der Waals surface area contributed by atoms with Crippen LogP contribution in [0.5, 0.6) is 0 Å². The van der Waals surface area contributed by atoms with Crippen LogP contribution >= 0.6 is 0 Å². The van der Waals surface area contributed by atoms with Crippen molar-refractivity contribution >= 4 is 0 Å². The van der Waals surface area contributed by atoms with Gasteiger partial charge in [-0.1, -0.05) is 0 Å². The van der Waals surface area contributed by atoms with Gasteiger partial charge in [-0.15, -0.1) is 0 Å². The Hall–Kier alpha value is 0.266. The summed E-state index contributed by atoms with van der Waals surface area (Å²) in [5.41, 5.74) is 0. The van der Waals surface area contributed by atoms with Crippen molar-refractivity contribution < 1.29 is 27.7 Å². The largest absolute Gasteiger partial charge is 0.412 e. The van der Waals surface area contributed by atoms with Gasteiger partial charge < -0.3 is 35.6 Å². The molecule has 0 spiro atoms. The molecule has 0 aliphatic heterocycles. The predicted molar refractivity (Wildman–Crippen MR) is 27.3 cm³/mol. The monoisotopic (exact) mass is 163 g/mol. The Morgan fingerprint density at radius 2 is 0.429 bits per heavy atom. The molecule has 0 aromatic carbocycles. The van der Waals surface area contributed by atoms with Gasteiger partial charge in [-0.25, -0.2) is 0 Å². The Balaban J connectivity index is 0. The zero-order valence-electron chi connectivity index (χ0n) is 4.16. The third-order valence-corrected chi connectivity index (χ3v) is 0. The molecule has 0 saturated carbocycles. The first-order chi connectivity index (χ1) is 0. The van der Waals surface area contributed by atoms with Crippen LogP contribution in [0.4, 0.5) is 0 Å². The molecule has 0 aromatic heterocycles. The van der Waals surface area contributed by atoms with Crippen LogP contribution in [0.3, 0.4) is 0 Å². The molecule has 0 bridgehead atoms. The summed E-state index contributed by atoms with van der Waals surface area (Å²) < 4.78 is 0. The van der Waals surface area contributed by atoms with Gasteiger partial charge in [0, 0.05) is 16.8 Å². The average Bonchev–Trinajstić information content (AvgIpc) is 0. The molecule has 0 atom stereocenters. The maximum absolute atomic E-state index is 0. The van der Waals surface area contributed by atoms with Crippen molar-refractivity contribution in [2.75, 3.05) is 0 Å². The third-order valence-electron chi connectivity index (χ3n) is 0. The van der Waals surface area contributed by atoms with E-state index in [0.717, 1.165) is 0 Å². The molecule has 0 aliphatic carbocycles. The molecule has 1 radical (unpaired) electrons. The molecule has 0 rings (SSSR count). The Morgan fingerprint density at radius 1 is 0.429 bits per heavy atom. The molecule has 0 amide bonds. The van der Waals surface area contributed by atoms with E-state index in [-0.39, 0.29) is 52.3 Å². The van der Waals surface area contributed by atoms with Crippen molar-refractivity contribution in [3.05, 3.63) is 0 Å². The van der Waals surface area contributed by atoms with Crippen LogP contribution in [0.2, 0.25) is 0 Å². The van der Waals surface area contributed by atoms with E-state index in [1.807, 2.05) is 0 Å². The van der Waals surface area contributed by atoms with E-state index in [1.165, 1.54) is 0 Å². The number of hydrogen-bond donors (Lipinski definition) is 4. The molecule has 6 nitrogen and oxygen atoms in total. The van der Waals surface area contributed by atoms with Crippen LogP contribution in [0.15, 0.2) is 0 Å². The summed E-state index contributed by atoms with van der Waals surface area (Å²) in [5.74, 6) is 0. The molecule has 0 unspecified atom stereocenters. The van der Waals surface area contributed by atoms with E-state index in [9.17, 15) is 0 Å². The van der Waals surface area contributed by atoms with Gasteiger partial charge in [-0.3, -0.25) is 0 Å². The van der Waals surface area contributed by atoms with E-state index in [0.29, 0.717) is 0 Å². The molecule has 57 valence electrons. The summed E-state index contributed by atoms with van der Waals surface area (Å²) in [5, 5.41) is 0. The maximum atomic E-state index is 0. The van der Waals surface area contributed by atoms with Gasteiger partial charge in [0.25, 0.3) is 0 Å². The van der Waals surface area contributed by atoms with Gasteiger partial charge in [-0.2, -0.15) is 0 Å². The summed E-state index contributed by atoms with van der Waals surface area (Å²) >= 11 is 0. The molecule has 0 saturated heterocycles. The molecule has 7 heavy (non-hydrogen) atoms. The van der Waals surface area contributed by atoms with Gasteiger partial charge in [0.15, 0.2) is 0 Å². The smallest absolute Gasteiger partial charge is 0 e. The second kappa shape index (κ2) is 2450. The first-order valence-corrected chi connectivity index (χ1v) is 0. The fraction of sp³-hybridized carbons (Fsp3) is 0. The van der Waals surface area contributed by atoms with E-state index < -0.39 is 0 Å². The topological polar surface area (TPSA) is 203 Å². The van der Waals surface area contributed by atoms with Gasteiger partial charge >= 0.3 is 0 Å². The van der Waals surface area contributed by atoms with Crippen LogP contribution in [0.1, 0.15) is 0 Å². The Kier molecular flexibility index (Phi) is 1400000. The second-order valence-corrected chi connectivity index (χ2v) is 0. The molecule has 0 aliphatic rings. The van der Waals surface area contributed by atoms with Crippen molar-refractivity contribution in [1.29, 1.82) is 0 Å². The quantitative estimate of drug-likeness (QED) is 0.354. The van der Waals surface area contributed by atoms with E-state index in [2.05, 4.69) is 0 Å². The van der Waals surface area contributed by atoms with Crippen LogP contribution in [-0.4, -0.2) is 11.0 Å². The molecular formula is H16CoN4O2. The van der Waals surface area contributed by atoms with Crippen molar-refractivity contribution in [3.8, 4) is 0 Å². The van der Waals surface area contributed by atoms with Gasteiger partial charge in [0.2, 0.25) is 0 Å². The summed E-state index contributed by atoms with van der Waals surface area (Å²) in [6.07, 6.45) is 0. The SMILES string of the molecule is N.N.N.N.O.O.[Co]. The normalized spacial score (nSPS) is 0. The van der Waals surface area contributed by atoms with Crippen molar-refractivity contribution in [2.45, 2.75) is 0 Å². The Labute approximate surface area is 53.2 Å². The number of rotatable bonds is 0. The summed E-state index contributed by atoms with van der Waals surface area (Å²) in [4.78, 5) is 0. The zero-order chi connectivity index (χ0) is 0. The molecule has 0 heterocycles. The number of hydrogen-bond acceptors (Lipinski definition) is 4. The summed E-state index contributed by atoms with van der Waals surface area (Å²) in [7, 11) is 0. The molecule has 0 fully saturated rings. The van der Waals surface area contributed by atoms with Crippen LogP contribution < -0.4 is 24.6 Å². The van der Waals surface area contributed by atoms with E-state index >= 15 is 0 Å². The van der Waals surface area contributed by atoms with Crippen molar-refractivity contribution in [1.82, 2.24) is 24.6 Å². The van der Waals surface area contributed by atoms with E-state index in [4.69, 9.17) is 0 Å². The zero-order valence-corrected chi connectivity index (χ0v) is 5.20. The maximum Gasteiger partial charge on any atom is 0 e. The molecular weight excluding hydrogens is 147 g/mol. The minimum absolute atomic E-state index is 0.